The van der Waals surface area contributed by atoms with Crippen LogP contribution in [0, 0.1) is 0 Å². The maximum Gasteiger partial charge on any atom is 0.346 e. The minimum Gasteiger partial charge on any atom is -0.477 e. The zero-order valence-electron chi connectivity index (χ0n) is 12.8. The number of carboxylic acid groups (broad SMARTS) is 1. The van der Waals surface area contributed by atoms with Gasteiger partial charge in [-0.3, -0.25) is 9.59 Å². The number of rotatable bonds is 4. The predicted octanol–water partition coefficient (Wildman–Crippen LogP) is 2.23. The Labute approximate surface area is 141 Å². The fraction of sp³-hybridized carbons (Fsp3) is 0.118. The minimum atomic E-state index is -1.01. The molecule has 0 aliphatic carbocycles. The quantitative estimate of drug-likeness (QED) is 0.761. The Balaban J connectivity index is 1.88. The van der Waals surface area contributed by atoms with Gasteiger partial charge in [-0.1, -0.05) is 18.2 Å². The van der Waals surface area contributed by atoms with Crippen molar-refractivity contribution in [2.75, 3.05) is 0 Å². The molecule has 0 aliphatic heterocycles. The summed E-state index contributed by atoms with van der Waals surface area (Å²) in [5.74, 6) is -1.38. The van der Waals surface area contributed by atoms with Gasteiger partial charge >= 0.3 is 5.97 Å². The van der Waals surface area contributed by atoms with Crippen LogP contribution in [0.25, 0.3) is 10.1 Å². The molecule has 3 rings (SSSR count). The van der Waals surface area contributed by atoms with Crippen molar-refractivity contribution in [1.82, 2.24) is 9.88 Å². The summed E-state index contributed by atoms with van der Waals surface area (Å²) in [5.41, 5.74) is 0.721. The molecular formula is C17H14N2O4S. The van der Waals surface area contributed by atoms with Crippen LogP contribution in [0.5, 0.6) is 0 Å². The van der Waals surface area contributed by atoms with Crippen molar-refractivity contribution < 1.29 is 14.7 Å². The fourth-order valence-corrected chi connectivity index (χ4v) is 3.51. The molecule has 0 spiro atoms. The van der Waals surface area contributed by atoms with Gasteiger partial charge in [-0.05, 0) is 17.5 Å². The molecule has 0 saturated heterocycles. The van der Waals surface area contributed by atoms with Gasteiger partial charge in [-0.2, -0.15) is 0 Å². The lowest BCUT2D eigenvalue weighted by Gasteiger charge is -2.07. The summed E-state index contributed by atoms with van der Waals surface area (Å²) in [6.07, 6.45) is 1.45. The topological polar surface area (TPSA) is 88.4 Å². The highest BCUT2D eigenvalue weighted by molar-refractivity contribution is 7.21. The number of nitrogens with zero attached hydrogens (tertiary/aromatic N) is 1. The third kappa shape index (κ3) is 2.93. The fourth-order valence-electron chi connectivity index (χ4n) is 2.45. The molecule has 6 nitrogen and oxygen atoms in total. The first kappa shape index (κ1) is 15.9. The summed E-state index contributed by atoms with van der Waals surface area (Å²) in [6, 6.07) is 10.1. The smallest absolute Gasteiger partial charge is 0.346 e. The molecule has 0 aliphatic rings. The second-order valence-corrected chi connectivity index (χ2v) is 6.31. The average Bonchev–Trinajstić information content (AvgIpc) is 2.94. The summed E-state index contributed by atoms with van der Waals surface area (Å²) in [7, 11) is 1.56. The van der Waals surface area contributed by atoms with Crippen LogP contribution in [-0.2, 0) is 13.6 Å². The van der Waals surface area contributed by atoms with Gasteiger partial charge in [0.25, 0.3) is 5.91 Å². The summed E-state index contributed by atoms with van der Waals surface area (Å²) in [4.78, 5) is 35.3. The minimum absolute atomic E-state index is 0.104. The predicted molar refractivity (Wildman–Crippen MR) is 91.6 cm³/mol. The molecule has 2 N–H and O–H groups in total. The summed E-state index contributed by atoms with van der Waals surface area (Å²) < 4.78 is 2.18. The van der Waals surface area contributed by atoms with Crippen molar-refractivity contribution in [3.63, 3.8) is 0 Å². The highest BCUT2D eigenvalue weighted by Crippen LogP contribution is 2.31. The van der Waals surface area contributed by atoms with Gasteiger partial charge in [0, 0.05) is 36.1 Å². The number of aromatic carboxylic acids is 1. The van der Waals surface area contributed by atoms with Gasteiger partial charge in [0.15, 0.2) is 0 Å². The van der Waals surface area contributed by atoms with Gasteiger partial charge in [0.2, 0.25) is 5.56 Å². The molecule has 2 aromatic heterocycles. The third-order valence-corrected chi connectivity index (χ3v) is 4.87. The SMILES string of the molecule is Cn1cc(C(=O)NCc2c(C(=O)O)sc3ccccc23)ccc1=O. The lowest BCUT2D eigenvalue weighted by molar-refractivity contribution is 0.0700. The van der Waals surface area contributed by atoms with Crippen LogP contribution in [0.4, 0.5) is 0 Å². The molecule has 0 unspecified atom stereocenters. The number of amides is 1. The third-order valence-electron chi connectivity index (χ3n) is 3.67. The molecule has 1 amide bonds. The van der Waals surface area contributed by atoms with Crippen LogP contribution in [0.1, 0.15) is 25.6 Å². The lowest BCUT2D eigenvalue weighted by atomic mass is 10.1. The van der Waals surface area contributed by atoms with Crippen LogP contribution in [0.15, 0.2) is 47.4 Å². The molecule has 7 heteroatoms. The summed E-state index contributed by atoms with van der Waals surface area (Å²) in [5, 5.41) is 12.9. The van der Waals surface area contributed by atoms with Gasteiger partial charge in [0.1, 0.15) is 4.88 Å². The molecule has 3 aromatic rings. The number of carbonyl (C=O) groups excluding carboxylic acids is 1. The largest absolute Gasteiger partial charge is 0.477 e. The van der Waals surface area contributed by atoms with Crippen molar-refractivity contribution in [2.45, 2.75) is 6.54 Å². The summed E-state index contributed by atoms with van der Waals surface area (Å²) >= 11 is 1.19. The van der Waals surface area contributed by atoms with E-state index in [4.69, 9.17) is 0 Å². The van der Waals surface area contributed by atoms with E-state index in [0.29, 0.717) is 11.1 Å². The lowest BCUT2D eigenvalue weighted by Crippen LogP contribution is -2.25. The van der Waals surface area contributed by atoms with Crippen molar-refractivity contribution in [2.24, 2.45) is 7.05 Å². The van der Waals surface area contributed by atoms with Gasteiger partial charge < -0.3 is 15.0 Å². The summed E-state index contributed by atoms with van der Waals surface area (Å²) in [6.45, 7) is 0.104. The number of aryl methyl sites for hydroxylation is 1. The first-order valence-corrected chi connectivity index (χ1v) is 7.97. The normalized spacial score (nSPS) is 10.7. The molecule has 2 heterocycles. The molecule has 0 saturated carbocycles. The number of carbonyl (C=O) groups is 2. The van der Waals surface area contributed by atoms with Crippen LogP contribution >= 0.6 is 11.3 Å². The highest BCUT2D eigenvalue weighted by atomic mass is 32.1. The van der Waals surface area contributed by atoms with E-state index >= 15 is 0 Å². The molecule has 24 heavy (non-hydrogen) atoms. The van der Waals surface area contributed by atoms with Crippen molar-refractivity contribution in [3.05, 3.63) is 69.0 Å². The Hall–Kier alpha value is -2.93. The van der Waals surface area contributed by atoms with Gasteiger partial charge in [0.05, 0.1) is 5.56 Å². The number of nitrogens with one attached hydrogen (secondary N) is 1. The number of thiophene rings is 1. The highest BCUT2D eigenvalue weighted by Gasteiger charge is 2.18. The number of hydrogen-bond acceptors (Lipinski definition) is 4. The number of pyridine rings is 1. The molecule has 1 aromatic carbocycles. The number of benzene rings is 1. The first-order valence-electron chi connectivity index (χ1n) is 7.16. The van der Waals surface area contributed by atoms with Crippen molar-refractivity contribution in [3.8, 4) is 0 Å². The van der Waals surface area contributed by atoms with Gasteiger partial charge in [-0.25, -0.2) is 4.79 Å². The zero-order valence-corrected chi connectivity index (χ0v) is 13.6. The Morgan fingerprint density at radius 1 is 1.21 bits per heavy atom. The number of fused-ring (bicyclic) bond motifs is 1. The zero-order chi connectivity index (χ0) is 17.3. The Bertz CT molecular complexity index is 1000. The Morgan fingerprint density at radius 3 is 2.67 bits per heavy atom. The standard InChI is InChI=1S/C17H14N2O4S/c1-19-9-10(6-7-14(19)20)16(21)18-8-12-11-4-2-3-5-13(11)24-15(12)17(22)23/h2-7,9H,8H2,1H3,(H,18,21)(H,22,23). The number of hydrogen-bond donors (Lipinski definition) is 2. The van der Waals surface area contributed by atoms with Crippen LogP contribution in [0.3, 0.4) is 0 Å². The van der Waals surface area contributed by atoms with Crippen LogP contribution in [-0.4, -0.2) is 21.6 Å². The van der Waals surface area contributed by atoms with E-state index in [2.05, 4.69) is 5.32 Å². The van der Waals surface area contributed by atoms with Crippen molar-refractivity contribution in [1.29, 1.82) is 0 Å². The van der Waals surface area contributed by atoms with Crippen LogP contribution in [0.2, 0.25) is 0 Å². The first-order chi connectivity index (χ1) is 11.5. The van der Waals surface area contributed by atoms with E-state index < -0.39 is 5.97 Å². The van der Waals surface area contributed by atoms with Crippen molar-refractivity contribution >= 4 is 33.3 Å². The van der Waals surface area contributed by atoms with E-state index in [1.165, 1.54) is 34.2 Å². The molecule has 0 atom stereocenters. The van der Waals surface area contributed by atoms with Gasteiger partial charge in [-0.15, -0.1) is 11.3 Å². The molecular weight excluding hydrogens is 328 g/mol. The molecule has 122 valence electrons. The molecule has 0 fully saturated rings. The van der Waals surface area contributed by atoms with E-state index in [9.17, 15) is 19.5 Å². The van der Waals surface area contributed by atoms with E-state index in [0.717, 1.165) is 10.1 Å². The van der Waals surface area contributed by atoms with E-state index in [-0.39, 0.29) is 22.9 Å². The van der Waals surface area contributed by atoms with E-state index in [1.807, 2.05) is 24.3 Å². The molecule has 0 radical (unpaired) electrons. The monoisotopic (exact) mass is 342 g/mol. The second-order valence-electron chi connectivity index (χ2n) is 5.26. The Kier molecular flexibility index (Phi) is 4.18. The Morgan fingerprint density at radius 2 is 1.96 bits per heavy atom. The second kappa shape index (κ2) is 6.29. The number of aromatic nitrogens is 1. The van der Waals surface area contributed by atoms with E-state index in [1.54, 1.807) is 7.05 Å². The molecule has 0 bridgehead atoms. The number of carboxylic acids is 1. The maximum absolute atomic E-state index is 12.3. The average molecular weight is 342 g/mol. The maximum atomic E-state index is 12.3. The van der Waals surface area contributed by atoms with Crippen LogP contribution < -0.4 is 10.9 Å².